The number of piperazine rings is 1. The lowest BCUT2D eigenvalue weighted by Crippen LogP contribution is -2.50. The lowest BCUT2D eigenvalue weighted by molar-refractivity contribution is -0.117. The van der Waals surface area contributed by atoms with Crippen LogP contribution in [0.5, 0.6) is 0 Å². The van der Waals surface area contributed by atoms with Crippen molar-refractivity contribution in [3.8, 4) is 0 Å². The maximum absolute atomic E-state index is 13.1. The molecule has 1 saturated heterocycles. The van der Waals surface area contributed by atoms with Gasteiger partial charge in [-0.05, 0) is 37.1 Å². The highest BCUT2D eigenvalue weighted by Crippen LogP contribution is 2.35. The van der Waals surface area contributed by atoms with Gasteiger partial charge in [-0.15, -0.1) is 10.2 Å². The minimum atomic E-state index is -3.66. The summed E-state index contributed by atoms with van der Waals surface area (Å²) in [5, 5.41) is 12.7. The third-order valence-corrected chi connectivity index (χ3v) is 8.71. The van der Waals surface area contributed by atoms with Gasteiger partial charge in [0.05, 0.1) is 11.4 Å². The van der Waals surface area contributed by atoms with Gasteiger partial charge in [0.2, 0.25) is 21.1 Å². The first kappa shape index (κ1) is 22.3. The highest BCUT2D eigenvalue weighted by Gasteiger charge is 2.29. The van der Waals surface area contributed by atoms with Crippen LogP contribution in [-0.2, 0) is 14.8 Å². The third-order valence-electron chi connectivity index (χ3n) is 5.79. The molecule has 8 nitrogen and oxygen atoms in total. The van der Waals surface area contributed by atoms with Gasteiger partial charge in [-0.25, -0.2) is 12.8 Å². The molecule has 31 heavy (non-hydrogen) atoms. The van der Waals surface area contributed by atoms with Crippen molar-refractivity contribution in [2.45, 2.75) is 42.9 Å². The van der Waals surface area contributed by atoms with E-state index >= 15 is 0 Å². The number of rotatable bonds is 6. The zero-order valence-electron chi connectivity index (χ0n) is 17.2. The Kier molecular flexibility index (Phi) is 6.95. The normalized spacial score (nSPS) is 19.4. The van der Waals surface area contributed by atoms with Gasteiger partial charge in [-0.3, -0.25) is 15.0 Å². The molecule has 1 aromatic heterocycles. The number of nitrogens with one attached hydrogen (secondary N) is 1. The summed E-state index contributed by atoms with van der Waals surface area (Å²) in [5.74, 6) is -0.203. The predicted molar refractivity (Wildman–Crippen MR) is 116 cm³/mol. The molecule has 1 aliphatic heterocycles. The minimum absolute atomic E-state index is 0.0742. The number of hydrogen-bond donors (Lipinski definition) is 1. The summed E-state index contributed by atoms with van der Waals surface area (Å²) in [4.78, 5) is 14.4. The second-order valence-electron chi connectivity index (χ2n) is 7.96. The Balaban J connectivity index is 1.26. The summed E-state index contributed by atoms with van der Waals surface area (Å²) in [5.41, 5.74) is 0. The molecule has 0 atom stereocenters. The Morgan fingerprint density at radius 2 is 1.74 bits per heavy atom. The standard InChI is InChI=1S/C20H26FN5O3S2/c21-16-6-8-17(9-7-16)31(28,29)26-12-10-25(11-13-26)14-18(27)22-20-24-23-19(30-20)15-4-2-1-3-5-15/h6-9,15H,1-5,10-14H2,(H,22,24,27). The van der Waals surface area contributed by atoms with E-state index in [1.807, 2.05) is 4.90 Å². The van der Waals surface area contributed by atoms with Crippen LogP contribution in [0.4, 0.5) is 9.52 Å². The van der Waals surface area contributed by atoms with Crippen molar-refractivity contribution >= 4 is 32.4 Å². The average Bonchev–Trinajstić information content (AvgIpc) is 3.23. The molecule has 2 aliphatic rings. The maximum Gasteiger partial charge on any atom is 0.243 e. The van der Waals surface area contributed by atoms with Crippen LogP contribution in [0.1, 0.15) is 43.0 Å². The molecule has 1 saturated carbocycles. The predicted octanol–water partition coefficient (Wildman–Crippen LogP) is 2.67. The van der Waals surface area contributed by atoms with Crippen molar-refractivity contribution in [1.82, 2.24) is 19.4 Å². The van der Waals surface area contributed by atoms with E-state index in [1.165, 1.54) is 47.0 Å². The van der Waals surface area contributed by atoms with E-state index in [2.05, 4.69) is 15.5 Å². The molecule has 0 radical (unpaired) electrons. The Labute approximate surface area is 185 Å². The van der Waals surface area contributed by atoms with Crippen molar-refractivity contribution < 1.29 is 17.6 Å². The number of sulfonamides is 1. The number of carbonyl (C=O) groups is 1. The summed E-state index contributed by atoms with van der Waals surface area (Å²) < 4.78 is 39.8. The molecule has 0 spiro atoms. The van der Waals surface area contributed by atoms with Crippen molar-refractivity contribution in [3.63, 3.8) is 0 Å². The molecule has 11 heteroatoms. The smallest absolute Gasteiger partial charge is 0.243 e. The van der Waals surface area contributed by atoms with Gasteiger partial charge >= 0.3 is 0 Å². The Morgan fingerprint density at radius 1 is 1.06 bits per heavy atom. The van der Waals surface area contributed by atoms with Gasteiger partial charge in [-0.2, -0.15) is 4.31 Å². The molecule has 0 unspecified atom stereocenters. The number of hydrogen-bond acceptors (Lipinski definition) is 7. The molecule has 2 aromatic rings. The number of halogens is 1. The van der Waals surface area contributed by atoms with Crippen LogP contribution in [0.15, 0.2) is 29.2 Å². The van der Waals surface area contributed by atoms with E-state index < -0.39 is 15.8 Å². The minimum Gasteiger partial charge on any atom is -0.299 e. The number of benzene rings is 1. The molecule has 2 fully saturated rings. The van der Waals surface area contributed by atoms with Crippen LogP contribution in [0.2, 0.25) is 0 Å². The highest BCUT2D eigenvalue weighted by molar-refractivity contribution is 7.89. The van der Waals surface area contributed by atoms with Crippen LogP contribution < -0.4 is 5.32 Å². The number of aromatic nitrogens is 2. The number of carbonyl (C=O) groups excluding carboxylic acids is 1. The first-order valence-corrected chi connectivity index (χ1v) is 12.8. The van der Waals surface area contributed by atoms with Crippen molar-refractivity contribution in [2.75, 3.05) is 38.0 Å². The number of anilines is 1. The summed E-state index contributed by atoms with van der Waals surface area (Å²) in [6.45, 7) is 1.60. The van der Waals surface area contributed by atoms with Gasteiger partial charge in [0.1, 0.15) is 10.8 Å². The van der Waals surface area contributed by atoms with Crippen LogP contribution >= 0.6 is 11.3 Å². The van der Waals surface area contributed by atoms with Crippen molar-refractivity contribution in [3.05, 3.63) is 35.1 Å². The molecule has 1 aliphatic carbocycles. The SMILES string of the molecule is O=C(CN1CCN(S(=O)(=O)c2ccc(F)cc2)CC1)Nc1nnc(C2CCCCC2)s1. The average molecular weight is 468 g/mol. The summed E-state index contributed by atoms with van der Waals surface area (Å²) in [6.07, 6.45) is 5.97. The maximum atomic E-state index is 13.1. The fourth-order valence-electron chi connectivity index (χ4n) is 4.05. The molecule has 1 N–H and O–H groups in total. The Hall–Kier alpha value is -1.95. The van der Waals surface area contributed by atoms with Crippen LogP contribution in [-0.4, -0.2) is 66.5 Å². The van der Waals surface area contributed by atoms with E-state index in [9.17, 15) is 17.6 Å². The van der Waals surface area contributed by atoms with Gasteiger partial charge in [0.15, 0.2) is 0 Å². The molecule has 4 rings (SSSR count). The molecular formula is C20H26FN5O3S2. The molecule has 1 aromatic carbocycles. The largest absolute Gasteiger partial charge is 0.299 e. The first-order valence-electron chi connectivity index (χ1n) is 10.5. The zero-order valence-corrected chi connectivity index (χ0v) is 18.8. The number of amides is 1. The second kappa shape index (κ2) is 9.68. The Bertz CT molecular complexity index is 998. The lowest BCUT2D eigenvalue weighted by atomic mass is 9.90. The monoisotopic (exact) mass is 467 g/mol. The topological polar surface area (TPSA) is 95.5 Å². The van der Waals surface area contributed by atoms with Crippen LogP contribution in [0.25, 0.3) is 0 Å². The van der Waals surface area contributed by atoms with E-state index in [4.69, 9.17) is 0 Å². The third kappa shape index (κ3) is 5.46. The molecule has 1 amide bonds. The first-order chi connectivity index (χ1) is 14.9. The van der Waals surface area contributed by atoms with Crippen LogP contribution in [0, 0.1) is 5.82 Å². The summed E-state index contributed by atoms with van der Waals surface area (Å²) in [6, 6.07) is 4.82. The number of nitrogens with zero attached hydrogens (tertiary/aromatic N) is 4. The van der Waals surface area contributed by atoms with E-state index in [0.717, 1.165) is 30.0 Å². The van der Waals surface area contributed by atoms with E-state index in [0.29, 0.717) is 24.1 Å². The second-order valence-corrected chi connectivity index (χ2v) is 10.9. The molecule has 0 bridgehead atoms. The van der Waals surface area contributed by atoms with Crippen molar-refractivity contribution in [1.29, 1.82) is 0 Å². The van der Waals surface area contributed by atoms with Gasteiger partial charge in [0.25, 0.3) is 0 Å². The zero-order chi connectivity index (χ0) is 21.8. The van der Waals surface area contributed by atoms with Gasteiger partial charge < -0.3 is 0 Å². The summed E-state index contributed by atoms with van der Waals surface area (Å²) in [7, 11) is -3.66. The molecule has 2 heterocycles. The quantitative estimate of drug-likeness (QED) is 0.702. The molecule has 168 valence electrons. The Morgan fingerprint density at radius 3 is 2.42 bits per heavy atom. The van der Waals surface area contributed by atoms with E-state index in [-0.39, 0.29) is 30.4 Å². The summed E-state index contributed by atoms with van der Waals surface area (Å²) >= 11 is 1.45. The fourth-order valence-corrected chi connectivity index (χ4v) is 6.40. The molecular weight excluding hydrogens is 441 g/mol. The lowest BCUT2D eigenvalue weighted by Gasteiger charge is -2.33. The van der Waals surface area contributed by atoms with Gasteiger partial charge in [0, 0.05) is 32.1 Å². The van der Waals surface area contributed by atoms with Crippen LogP contribution in [0.3, 0.4) is 0 Å². The van der Waals surface area contributed by atoms with Crippen molar-refractivity contribution in [2.24, 2.45) is 0 Å². The fraction of sp³-hybridized carbons (Fsp3) is 0.550. The van der Waals surface area contributed by atoms with E-state index in [1.54, 1.807) is 0 Å². The van der Waals surface area contributed by atoms with Gasteiger partial charge in [-0.1, -0.05) is 30.6 Å². The highest BCUT2D eigenvalue weighted by atomic mass is 32.2.